The maximum absolute atomic E-state index is 9.58. The van der Waals surface area contributed by atoms with Gasteiger partial charge in [0, 0.05) is 0 Å². The fourth-order valence-corrected chi connectivity index (χ4v) is 0. The van der Waals surface area contributed by atoms with Gasteiger partial charge in [0.2, 0.25) is 2.86 Å². The van der Waals surface area contributed by atoms with Crippen LogP contribution in [0.15, 0.2) is 0 Å². The van der Waals surface area contributed by atoms with E-state index in [9.17, 15) is 9.46 Å². The second-order valence-electron chi connectivity index (χ2n) is 0.447. The number of rotatable bonds is 2. The zero-order valence-corrected chi connectivity index (χ0v) is 7.60. The molecule has 0 aliphatic carbocycles. The minimum atomic E-state index is -4.57. The van der Waals surface area contributed by atoms with Gasteiger partial charge in [0.15, 0.2) is 0 Å². The van der Waals surface area contributed by atoms with Crippen LogP contribution in [0.2, 0.25) is 0 Å². The molecule has 0 aromatic rings. The van der Waals surface area contributed by atoms with Gasteiger partial charge in [0.05, 0.1) is 0 Å². The summed E-state index contributed by atoms with van der Waals surface area (Å²) in [6, 6.07) is 0. The molecule has 0 spiro atoms. The molecule has 0 saturated heterocycles. The quantitative estimate of drug-likeness (QED) is 0.307. The molecule has 7 heavy (non-hydrogen) atoms. The van der Waals surface area contributed by atoms with Gasteiger partial charge in [-0.1, -0.05) is 0 Å². The zero-order chi connectivity index (χ0) is 5.91. The van der Waals surface area contributed by atoms with Crippen molar-refractivity contribution in [2.75, 3.05) is 0 Å². The average molecular weight is 156 g/mol. The second-order valence-corrected chi connectivity index (χ2v) is 1.34. The van der Waals surface area contributed by atoms with Gasteiger partial charge < -0.3 is 20.2 Å². The van der Waals surface area contributed by atoms with Crippen LogP contribution in [0.4, 0.5) is 0 Å². The van der Waals surface area contributed by atoms with Gasteiger partial charge in [-0.05, 0) is 0 Å². The Morgan fingerprint density at radius 1 is 1.71 bits per heavy atom. The van der Waals surface area contributed by atoms with Gasteiger partial charge in [0.25, 0.3) is 7.82 Å². The first-order chi connectivity index (χ1) is 3.12. The van der Waals surface area contributed by atoms with Gasteiger partial charge >= 0.3 is 51.4 Å². The Balaban J connectivity index is -0.000000180. The number of phosphoric acid groups is 1. The summed E-state index contributed by atoms with van der Waals surface area (Å²) < 4.78 is 20.9. The molecule has 7 heteroatoms. The molecule has 0 fully saturated rings. The molecule has 0 aliphatic heterocycles. The van der Waals surface area contributed by atoms with E-state index in [4.69, 9.17) is 2.86 Å². The largest absolute Gasteiger partial charge is 1.00 e. The predicted molar refractivity (Wildman–Crippen MR) is 15.7 cm³/mol. The number of hydrogen-bond acceptors (Lipinski definition) is 4. The molecule has 40 valence electrons. The molecule has 0 aromatic heterocycles. The third-order valence-electron chi connectivity index (χ3n) is 0. The van der Waals surface area contributed by atoms with Gasteiger partial charge in [-0.3, -0.25) is 4.57 Å². The average Bonchev–Trinajstić information content (AvgIpc) is 1.68. The molecule has 0 unspecified atom stereocenters. The minimum absolute atomic E-state index is 0. The molecule has 0 heterocycles. The zero-order valence-electron chi connectivity index (χ0n) is 5.58. The fraction of sp³-hybridized carbons (Fsp3) is 0. The topological polar surface area (TPSA) is 112 Å². The first kappa shape index (κ1) is 8.71. The van der Waals surface area contributed by atoms with E-state index in [1.807, 2.05) is 0 Å². The van der Waals surface area contributed by atoms with Crippen molar-refractivity contribution in [1.29, 1.82) is 2.86 Å². The SMILES string of the molecule is O.[2H]OP(=O)([O-])O[2H].[K+]. The van der Waals surface area contributed by atoms with Crippen molar-refractivity contribution in [2.24, 2.45) is 0 Å². The molecule has 0 amide bonds. The third kappa shape index (κ3) is 86.2. The van der Waals surface area contributed by atoms with E-state index >= 15 is 0 Å². The van der Waals surface area contributed by atoms with E-state index < -0.39 is 7.82 Å². The van der Waals surface area contributed by atoms with Crippen LogP contribution in [-0.2, 0) is 4.57 Å². The van der Waals surface area contributed by atoms with Crippen LogP contribution in [0.5, 0.6) is 0 Å². The van der Waals surface area contributed by atoms with Crippen LogP contribution in [-0.4, -0.2) is 18.1 Å². The Bertz CT molecular complexity index is 87.0. The van der Waals surface area contributed by atoms with Gasteiger partial charge in [-0.25, -0.2) is 0 Å². The maximum atomic E-state index is 9.58. The first-order valence-electron chi connectivity index (χ1n) is 1.55. The van der Waals surface area contributed by atoms with Gasteiger partial charge in [0.1, 0.15) is 0 Å². The Labute approximate surface area is 85.7 Å². The van der Waals surface area contributed by atoms with Crippen molar-refractivity contribution < 1.29 is 76.1 Å². The molecule has 0 radical (unpaired) electrons. The Kier molecular flexibility index (Phi) is 7.26. The molecular weight excluding hydrogens is 150 g/mol. The molecule has 4 N–H and O–H groups in total. The number of hydrogen-bond donors (Lipinski definition) is 2. The molecule has 0 bridgehead atoms. The fourth-order valence-electron chi connectivity index (χ4n) is 0. The molecule has 0 atom stereocenters. The van der Waals surface area contributed by atoms with Crippen LogP contribution >= 0.6 is 7.82 Å². The first-order valence-corrected chi connectivity index (χ1v) is 2.19. The minimum Gasteiger partial charge on any atom is -0.756 e. The summed E-state index contributed by atoms with van der Waals surface area (Å²) in [7, 11) is -4.57. The molecule has 0 aromatic carbocycles. The van der Waals surface area contributed by atoms with E-state index in [2.05, 4.69) is 9.79 Å². The smallest absolute Gasteiger partial charge is 0.756 e. The van der Waals surface area contributed by atoms with Crippen molar-refractivity contribution in [3.05, 3.63) is 0 Å². The third-order valence-corrected chi connectivity index (χ3v) is 0. The monoisotopic (exact) mass is 156 g/mol. The van der Waals surface area contributed by atoms with Crippen molar-refractivity contribution in [2.45, 2.75) is 0 Å². The molecule has 0 aliphatic rings. The normalized spacial score (nSPS) is 12.1. The Morgan fingerprint density at radius 3 is 2.00 bits per heavy atom. The van der Waals surface area contributed by atoms with Gasteiger partial charge in [-0.2, -0.15) is 0 Å². The molecule has 0 rings (SSSR count). The standard InChI is InChI=1S/K.H3O4P.H2O/c;1-5(2,3)4;/h;(H3,1,2,3,4);1H2/q+1;;/p-1/i/hD2. The summed E-state index contributed by atoms with van der Waals surface area (Å²) in [5.41, 5.74) is 0. The van der Waals surface area contributed by atoms with E-state index in [0.29, 0.717) is 0 Å². The maximum Gasteiger partial charge on any atom is 1.00 e. The summed E-state index contributed by atoms with van der Waals surface area (Å²) in [6.45, 7) is 0. The van der Waals surface area contributed by atoms with E-state index in [-0.39, 0.29) is 56.9 Å². The second kappa shape index (κ2) is 5.84. The molecule has 5 nitrogen and oxygen atoms in total. The molecular formula is H4KO5P. The van der Waals surface area contributed by atoms with Crippen LogP contribution in [0, 0.1) is 0 Å². The van der Waals surface area contributed by atoms with E-state index in [0.717, 1.165) is 0 Å². The van der Waals surface area contributed by atoms with E-state index in [1.54, 1.807) is 0 Å². The summed E-state index contributed by atoms with van der Waals surface area (Å²) in [6.07, 6.45) is 0. The van der Waals surface area contributed by atoms with Crippen molar-refractivity contribution in [3.63, 3.8) is 0 Å². The van der Waals surface area contributed by atoms with E-state index in [1.165, 1.54) is 0 Å². The Morgan fingerprint density at radius 2 is 2.00 bits per heavy atom. The van der Waals surface area contributed by atoms with Crippen LogP contribution in [0.25, 0.3) is 0 Å². The van der Waals surface area contributed by atoms with Crippen LogP contribution < -0.4 is 56.3 Å². The van der Waals surface area contributed by atoms with Crippen molar-refractivity contribution in [3.8, 4) is 0 Å². The Hall–Kier alpha value is 1.71. The summed E-state index contributed by atoms with van der Waals surface area (Å²) in [5, 5.41) is 0. The summed E-state index contributed by atoms with van der Waals surface area (Å²) in [4.78, 5) is 15.4. The predicted octanol–water partition coefficient (Wildman–Crippen LogP) is -5.38. The summed E-state index contributed by atoms with van der Waals surface area (Å²) in [5.74, 6) is 0. The van der Waals surface area contributed by atoms with Gasteiger partial charge in [-0.15, -0.1) is 0 Å². The van der Waals surface area contributed by atoms with Crippen molar-refractivity contribution in [1.82, 2.24) is 0 Å². The van der Waals surface area contributed by atoms with Crippen LogP contribution in [0.1, 0.15) is 0 Å². The van der Waals surface area contributed by atoms with Crippen LogP contribution in [0.3, 0.4) is 0 Å². The summed E-state index contributed by atoms with van der Waals surface area (Å²) >= 11 is 0. The molecule has 0 saturated carbocycles. The van der Waals surface area contributed by atoms with Crippen molar-refractivity contribution >= 4 is 7.82 Å².